The van der Waals surface area contributed by atoms with Crippen LogP contribution in [0.3, 0.4) is 0 Å². The van der Waals surface area contributed by atoms with Gasteiger partial charge in [0.1, 0.15) is 0 Å². The molecule has 0 aliphatic carbocycles. The summed E-state index contributed by atoms with van der Waals surface area (Å²) in [6.07, 6.45) is 0.744. The zero-order chi connectivity index (χ0) is 9.68. The zero-order valence-electron chi connectivity index (χ0n) is 7.40. The summed E-state index contributed by atoms with van der Waals surface area (Å²) in [6, 6.07) is 6.02. The van der Waals surface area contributed by atoms with Crippen LogP contribution in [0, 0.1) is 18.8 Å². The number of hydrogen-bond donors (Lipinski definition) is 0. The minimum atomic E-state index is 0.597. The number of rotatable bonds is 1. The lowest BCUT2D eigenvalue weighted by Gasteiger charge is -1.99. The van der Waals surface area contributed by atoms with E-state index >= 15 is 0 Å². The Bertz CT molecular complexity index is 347. The van der Waals surface area contributed by atoms with Crippen LogP contribution in [0.15, 0.2) is 22.7 Å². The van der Waals surface area contributed by atoms with Crippen molar-refractivity contribution in [2.45, 2.75) is 13.3 Å². The largest absolute Gasteiger partial charge is 0.126 e. The Labute approximate surface area is 92.4 Å². The van der Waals surface area contributed by atoms with E-state index in [2.05, 4.69) is 34.7 Å². The molecular weight excluding hydrogens is 247 g/mol. The van der Waals surface area contributed by atoms with Gasteiger partial charge in [0.2, 0.25) is 0 Å². The number of alkyl halides is 1. The lowest BCUT2D eigenvalue weighted by atomic mass is 10.1. The lowest BCUT2D eigenvalue weighted by molar-refractivity contribution is 1.29. The molecule has 2 heteroatoms. The Hall–Kier alpha value is -0.450. The van der Waals surface area contributed by atoms with Crippen molar-refractivity contribution in [2.75, 3.05) is 5.88 Å². The molecule has 0 N–H and O–H groups in total. The molecule has 0 aliphatic rings. The number of halogens is 2. The van der Waals surface area contributed by atoms with Crippen molar-refractivity contribution >= 4 is 27.5 Å². The van der Waals surface area contributed by atoms with Gasteiger partial charge in [-0.15, -0.1) is 11.6 Å². The maximum Gasteiger partial charge on any atom is 0.0333 e. The average molecular weight is 258 g/mol. The summed E-state index contributed by atoms with van der Waals surface area (Å²) in [6.45, 7) is 2.05. The van der Waals surface area contributed by atoms with Crippen LogP contribution in [-0.2, 0) is 0 Å². The first-order valence-electron chi connectivity index (χ1n) is 4.05. The molecule has 0 bridgehead atoms. The van der Waals surface area contributed by atoms with Crippen LogP contribution in [0.5, 0.6) is 0 Å². The first kappa shape index (κ1) is 10.6. The molecule has 0 atom stereocenters. The van der Waals surface area contributed by atoms with E-state index in [9.17, 15) is 0 Å². The second kappa shape index (κ2) is 5.32. The standard InChI is InChI=1S/C11H10BrCl/c1-9-10(5-2-3-8-13)6-4-7-11(9)12/h4,6-7H,3,8H2,1H3. The molecule has 13 heavy (non-hydrogen) atoms. The van der Waals surface area contributed by atoms with E-state index in [0.29, 0.717) is 5.88 Å². The molecule has 68 valence electrons. The van der Waals surface area contributed by atoms with Crippen LogP contribution >= 0.6 is 27.5 Å². The maximum absolute atomic E-state index is 5.53. The van der Waals surface area contributed by atoms with E-state index in [-0.39, 0.29) is 0 Å². The van der Waals surface area contributed by atoms with Crippen LogP contribution in [0.25, 0.3) is 0 Å². The molecule has 0 radical (unpaired) electrons. The molecule has 0 aliphatic heterocycles. The van der Waals surface area contributed by atoms with Gasteiger partial charge in [-0.1, -0.05) is 33.8 Å². The Kier molecular flexibility index (Phi) is 4.35. The summed E-state index contributed by atoms with van der Waals surface area (Å²) in [5.74, 6) is 6.70. The zero-order valence-corrected chi connectivity index (χ0v) is 9.74. The van der Waals surface area contributed by atoms with Crippen LogP contribution in [0.1, 0.15) is 17.5 Å². The van der Waals surface area contributed by atoms with Crippen molar-refractivity contribution in [3.63, 3.8) is 0 Å². The predicted molar refractivity (Wildman–Crippen MR) is 61.1 cm³/mol. The third-order valence-corrected chi connectivity index (χ3v) is 2.76. The van der Waals surface area contributed by atoms with Crippen molar-refractivity contribution in [1.82, 2.24) is 0 Å². The smallest absolute Gasteiger partial charge is 0.0333 e. The van der Waals surface area contributed by atoms with Gasteiger partial charge in [-0.3, -0.25) is 0 Å². The van der Waals surface area contributed by atoms with Crippen LogP contribution < -0.4 is 0 Å². The van der Waals surface area contributed by atoms with E-state index in [1.165, 1.54) is 5.56 Å². The summed E-state index contributed by atoms with van der Waals surface area (Å²) in [4.78, 5) is 0. The molecule has 0 fully saturated rings. The number of hydrogen-bond acceptors (Lipinski definition) is 0. The van der Waals surface area contributed by atoms with Crippen molar-refractivity contribution in [3.05, 3.63) is 33.8 Å². The van der Waals surface area contributed by atoms with Gasteiger partial charge in [0, 0.05) is 22.3 Å². The fraction of sp³-hybridized carbons (Fsp3) is 0.273. The highest BCUT2D eigenvalue weighted by Gasteiger charge is 1.96. The Morgan fingerprint density at radius 1 is 1.46 bits per heavy atom. The first-order valence-corrected chi connectivity index (χ1v) is 5.38. The van der Waals surface area contributed by atoms with Crippen molar-refractivity contribution < 1.29 is 0 Å². The third kappa shape index (κ3) is 3.06. The molecule has 0 nitrogen and oxygen atoms in total. The lowest BCUT2D eigenvalue weighted by Crippen LogP contribution is -1.82. The van der Waals surface area contributed by atoms with Crippen LogP contribution in [0.2, 0.25) is 0 Å². The fourth-order valence-electron chi connectivity index (χ4n) is 0.948. The molecule has 1 aromatic carbocycles. The van der Waals surface area contributed by atoms with Gasteiger partial charge in [-0.2, -0.15) is 0 Å². The topological polar surface area (TPSA) is 0 Å². The molecule has 1 aromatic rings. The summed E-state index contributed by atoms with van der Waals surface area (Å²) in [7, 11) is 0. The second-order valence-corrected chi connectivity index (χ2v) is 3.89. The highest BCUT2D eigenvalue weighted by Crippen LogP contribution is 2.18. The summed E-state index contributed by atoms with van der Waals surface area (Å²) in [5.41, 5.74) is 2.25. The molecule has 0 heterocycles. The fourth-order valence-corrected chi connectivity index (χ4v) is 1.41. The molecular formula is C11H10BrCl. The Balaban J connectivity index is 2.91. The minimum Gasteiger partial charge on any atom is -0.126 e. The summed E-state index contributed by atoms with van der Waals surface area (Å²) >= 11 is 8.99. The van der Waals surface area contributed by atoms with E-state index in [0.717, 1.165) is 16.5 Å². The summed E-state index contributed by atoms with van der Waals surface area (Å²) in [5, 5.41) is 0. The van der Waals surface area contributed by atoms with E-state index in [1.807, 2.05) is 18.2 Å². The molecule has 0 spiro atoms. The number of benzene rings is 1. The molecule has 0 saturated carbocycles. The molecule has 0 aromatic heterocycles. The van der Waals surface area contributed by atoms with Gasteiger partial charge in [-0.05, 0) is 24.6 Å². The first-order chi connectivity index (χ1) is 6.25. The van der Waals surface area contributed by atoms with Gasteiger partial charge in [0.25, 0.3) is 0 Å². The van der Waals surface area contributed by atoms with E-state index < -0.39 is 0 Å². The Morgan fingerprint density at radius 3 is 2.92 bits per heavy atom. The van der Waals surface area contributed by atoms with Gasteiger partial charge < -0.3 is 0 Å². The van der Waals surface area contributed by atoms with Crippen molar-refractivity contribution in [3.8, 4) is 11.8 Å². The minimum absolute atomic E-state index is 0.597. The van der Waals surface area contributed by atoms with Gasteiger partial charge in [0.15, 0.2) is 0 Å². The highest BCUT2D eigenvalue weighted by atomic mass is 79.9. The monoisotopic (exact) mass is 256 g/mol. The Morgan fingerprint density at radius 2 is 2.23 bits per heavy atom. The average Bonchev–Trinajstić information content (AvgIpc) is 2.13. The van der Waals surface area contributed by atoms with Crippen molar-refractivity contribution in [1.29, 1.82) is 0 Å². The molecule has 1 rings (SSSR count). The second-order valence-electron chi connectivity index (χ2n) is 2.65. The van der Waals surface area contributed by atoms with E-state index in [4.69, 9.17) is 11.6 Å². The van der Waals surface area contributed by atoms with E-state index in [1.54, 1.807) is 0 Å². The SMILES string of the molecule is Cc1c(Br)cccc1C#CCCCl. The van der Waals surface area contributed by atoms with Crippen LogP contribution in [-0.4, -0.2) is 5.88 Å². The van der Waals surface area contributed by atoms with Crippen molar-refractivity contribution in [2.24, 2.45) is 0 Å². The maximum atomic E-state index is 5.53. The molecule has 0 unspecified atom stereocenters. The normalized spacial score (nSPS) is 9.15. The molecule has 0 saturated heterocycles. The van der Waals surface area contributed by atoms with Gasteiger partial charge in [-0.25, -0.2) is 0 Å². The highest BCUT2D eigenvalue weighted by molar-refractivity contribution is 9.10. The van der Waals surface area contributed by atoms with Gasteiger partial charge in [0.05, 0.1) is 0 Å². The van der Waals surface area contributed by atoms with Crippen LogP contribution in [0.4, 0.5) is 0 Å². The predicted octanol–water partition coefficient (Wildman–Crippen LogP) is 3.74. The third-order valence-electron chi connectivity index (χ3n) is 1.71. The quantitative estimate of drug-likeness (QED) is 0.531. The summed E-state index contributed by atoms with van der Waals surface area (Å²) < 4.78 is 1.10. The van der Waals surface area contributed by atoms with Gasteiger partial charge >= 0.3 is 0 Å². The molecule has 0 amide bonds.